The lowest BCUT2D eigenvalue weighted by Crippen LogP contribution is -2.28. The first-order valence-electron chi connectivity index (χ1n) is 9.85. The molecule has 29 heavy (non-hydrogen) atoms. The number of pyridine rings is 1. The minimum atomic E-state index is -0.517. The SMILES string of the molecule is Cc1ccc(C(=O)Nc2cn(C3CCCCO3)nc2C(=O)NCCC(C)O)cn1. The predicted molar refractivity (Wildman–Crippen MR) is 107 cm³/mol. The highest BCUT2D eigenvalue weighted by atomic mass is 16.5. The van der Waals surface area contributed by atoms with Crippen molar-refractivity contribution < 1.29 is 19.4 Å². The highest BCUT2D eigenvalue weighted by molar-refractivity contribution is 6.08. The molecule has 9 nitrogen and oxygen atoms in total. The van der Waals surface area contributed by atoms with Gasteiger partial charge in [-0.1, -0.05) is 0 Å². The lowest BCUT2D eigenvalue weighted by molar-refractivity contribution is -0.0395. The molecule has 1 fully saturated rings. The molecule has 3 rings (SSSR count). The molecule has 2 aromatic rings. The molecule has 3 heterocycles. The van der Waals surface area contributed by atoms with Gasteiger partial charge in [0.05, 0.1) is 23.6 Å². The van der Waals surface area contributed by atoms with E-state index in [2.05, 4.69) is 20.7 Å². The van der Waals surface area contributed by atoms with Crippen LogP contribution in [-0.2, 0) is 4.74 Å². The number of amides is 2. The topological polar surface area (TPSA) is 118 Å². The van der Waals surface area contributed by atoms with Gasteiger partial charge in [0.1, 0.15) is 6.23 Å². The number of nitrogens with zero attached hydrogens (tertiary/aromatic N) is 3. The van der Waals surface area contributed by atoms with Crippen LogP contribution in [0, 0.1) is 6.92 Å². The smallest absolute Gasteiger partial charge is 0.273 e. The van der Waals surface area contributed by atoms with Gasteiger partial charge in [-0.05, 0) is 51.7 Å². The number of hydrogen-bond donors (Lipinski definition) is 3. The number of anilines is 1. The van der Waals surface area contributed by atoms with Crippen LogP contribution in [0.3, 0.4) is 0 Å². The van der Waals surface area contributed by atoms with Crippen LogP contribution in [0.1, 0.15) is 65.4 Å². The molecule has 0 aromatic carbocycles. The predicted octanol–water partition coefficient (Wildman–Crippen LogP) is 2.04. The van der Waals surface area contributed by atoms with Crippen LogP contribution in [0.15, 0.2) is 24.5 Å². The van der Waals surface area contributed by atoms with Crippen LogP contribution in [0.25, 0.3) is 0 Å². The van der Waals surface area contributed by atoms with Crippen molar-refractivity contribution in [3.8, 4) is 0 Å². The zero-order chi connectivity index (χ0) is 20.8. The molecule has 2 atom stereocenters. The second-order valence-electron chi connectivity index (χ2n) is 7.23. The van der Waals surface area contributed by atoms with Crippen molar-refractivity contribution in [2.45, 2.75) is 51.9 Å². The number of aryl methyl sites for hydroxylation is 1. The molecule has 0 bridgehead atoms. The van der Waals surface area contributed by atoms with Crippen molar-refractivity contribution in [1.82, 2.24) is 20.1 Å². The lowest BCUT2D eigenvalue weighted by Gasteiger charge is -2.22. The van der Waals surface area contributed by atoms with E-state index in [0.29, 0.717) is 30.8 Å². The van der Waals surface area contributed by atoms with Gasteiger partial charge in [-0.15, -0.1) is 0 Å². The highest BCUT2D eigenvalue weighted by Gasteiger charge is 2.24. The van der Waals surface area contributed by atoms with Crippen molar-refractivity contribution >= 4 is 17.5 Å². The first-order chi connectivity index (χ1) is 13.9. The van der Waals surface area contributed by atoms with Crippen LogP contribution in [0.4, 0.5) is 5.69 Å². The van der Waals surface area contributed by atoms with Gasteiger partial charge in [-0.2, -0.15) is 5.10 Å². The highest BCUT2D eigenvalue weighted by Crippen LogP contribution is 2.25. The average Bonchev–Trinajstić information content (AvgIpc) is 3.12. The summed E-state index contributed by atoms with van der Waals surface area (Å²) in [5.74, 6) is -0.794. The van der Waals surface area contributed by atoms with Crippen LogP contribution in [0.2, 0.25) is 0 Å². The van der Waals surface area contributed by atoms with Gasteiger partial charge in [0.25, 0.3) is 11.8 Å². The van der Waals surface area contributed by atoms with Gasteiger partial charge in [-0.3, -0.25) is 14.6 Å². The van der Waals surface area contributed by atoms with Crippen molar-refractivity contribution in [1.29, 1.82) is 0 Å². The third-order valence-electron chi connectivity index (χ3n) is 4.67. The summed E-state index contributed by atoms with van der Waals surface area (Å²) in [6.07, 6.45) is 5.55. The Morgan fingerprint density at radius 3 is 2.83 bits per heavy atom. The second-order valence-corrected chi connectivity index (χ2v) is 7.23. The van der Waals surface area contributed by atoms with E-state index in [9.17, 15) is 14.7 Å². The maximum absolute atomic E-state index is 12.6. The Morgan fingerprint density at radius 1 is 1.34 bits per heavy atom. The first kappa shape index (κ1) is 20.9. The molecule has 0 saturated carbocycles. The summed E-state index contributed by atoms with van der Waals surface area (Å²) in [4.78, 5) is 29.4. The second kappa shape index (κ2) is 9.62. The van der Waals surface area contributed by atoms with E-state index in [1.54, 1.807) is 29.9 Å². The molecule has 2 unspecified atom stereocenters. The summed E-state index contributed by atoms with van der Waals surface area (Å²) >= 11 is 0. The first-order valence-corrected chi connectivity index (χ1v) is 9.85. The quantitative estimate of drug-likeness (QED) is 0.653. The number of carbonyl (C=O) groups is 2. The molecule has 0 spiro atoms. The van der Waals surface area contributed by atoms with Gasteiger partial charge >= 0.3 is 0 Å². The van der Waals surface area contributed by atoms with Crippen LogP contribution < -0.4 is 10.6 Å². The van der Waals surface area contributed by atoms with E-state index < -0.39 is 12.0 Å². The van der Waals surface area contributed by atoms with Crippen molar-refractivity contribution in [3.05, 3.63) is 41.5 Å². The molecule has 3 N–H and O–H groups in total. The number of hydrogen-bond acceptors (Lipinski definition) is 6. The van der Waals surface area contributed by atoms with E-state index in [0.717, 1.165) is 25.0 Å². The standard InChI is InChI=1S/C20H27N5O4/c1-13-6-7-15(11-22-13)19(27)23-16-12-25(17-5-3-4-10-29-17)24-18(16)20(28)21-9-8-14(2)26/h6-7,11-12,14,17,26H,3-5,8-10H2,1-2H3,(H,21,28)(H,23,27). The van der Waals surface area contributed by atoms with Crippen LogP contribution in [0.5, 0.6) is 0 Å². The molecular formula is C20H27N5O4. The zero-order valence-corrected chi connectivity index (χ0v) is 16.7. The van der Waals surface area contributed by atoms with Gasteiger partial charge < -0.3 is 20.5 Å². The molecule has 1 saturated heterocycles. The molecule has 156 valence electrons. The number of nitrogens with one attached hydrogen (secondary N) is 2. The maximum atomic E-state index is 12.6. The fraction of sp³-hybridized carbons (Fsp3) is 0.500. The lowest BCUT2D eigenvalue weighted by atomic mass is 10.2. The fourth-order valence-corrected chi connectivity index (χ4v) is 3.01. The van der Waals surface area contributed by atoms with Crippen molar-refractivity contribution in [3.63, 3.8) is 0 Å². The van der Waals surface area contributed by atoms with E-state index in [1.165, 1.54) is 6.20 Å². The van der Waals surface area contributed by atoms with E-state index in [1.807, 2.05) is 6.92 Å². The Labute approximate surface area is 169 Å². The van der Waals surface area contributed by atoms with Crippen molar-refractivity contribution in [2.24, 2.45) is 0 Å². The van der Waals surface area contributed by atoms with Gasteiger partial charge in [-0.25, -0.2) is 4.68 Å². The van der Waals surface area contributed by atoms with Gasteiger partial charge in [0.15, 0.2) is 5.69 Å². The number of aliphatic hydroxyl groups is 1. The number of aliphatic hydroxyl groups excluding tert-OH is 1. The summed E-state index contributed by atoms with van der Waals surface area (Å²) in [6.45, 7) is 4.43. The Bertz CT molecular complexity index is 841. The summed E-state index contributed by atoms with van der Waals surface area (Å²) in [6, 6.07) is 3.42. The Hall–Kier alpha value is -2.78. The summed E-state index contributed by atoms with van der Waals surface area (Å²) in [5, 5.41) is 19.2. The minimum absolute atomic E-state index is 0.109. The monoisotopic (exact) mass is 401 g/mol. The molecule has 2 aromatic heterocycles. The molecule has 1 aliphatic heterocycles. The molecule has 1 aliphatic rings. The van der Waals surface area contributed by atoms with Gasteiger partial charge in [0.2, 0.25) is 0 Å². The summed E-state index contributed by atoms with van der Waals surface area (Å²) < 4.78 is 7.33. The Morgan fingerprint density at radius 2 is 2.17 bits per heavy atom. The zero-order valence-electron chi connectivity index (χ0n) is 16.7. The van der Waals surface area contributed by atoms with E-state index in [-0.39, 0.29) is 17.8 Å². The molecule has 2 amide bonds. The van der Waals surface area contributed by atoms with Crippen LogP contribution >= 0.6 is 0 Å². The summed E-state index contributed by atoms with van der Waals surface area (Å²) in [5.41, 5.74) is 1.61. The van der Waals surface area contributed by atoms with Crippen LogP contribution in [-0.4, -0.2) is 50.9 Å². The maximum Gasteiger partial charge on any atom is 0.273 e. The number of ether oxygens (including phenoxy) is 1. The third-order valence-corrected chi connectivity index (χ3v) is 4.67. The molecular weight excluding hydrogens is 374 g/mol. The Balaban J connectivity index is 1.80. The summed E-state index contributed by atoms with van der Waals surface area (Å²) in [7, 11) is 0. The molecule has 0 aliphatic carbocycles. The molecule has 9 heteroatoms. The van der Waals surface area contributed by atoms with E-state index >= 15 is 0 Å². The largest absolute Gasteiger partial charge is 0.393 e. The van der Waals surface area contributed by atoms with E-state index in [4.69, 9.17) is 4.74 Å². The normalized spacial score (nSPS) is 17.6. The minimum Gasteiger partial charge on any atom is -0.393 e. The Kier molecular flexibility index (Phi) is 6.95. The van der Waals surface area contributed by atoms with Crippen molar-refractivity contribution in [2.75, 3.05) is 18.5 Å². The third kappa shape index (κ3) is 5.61. The molecule has 0 radical (unpaired) electrons. The fourth-order valence-electron chi connectivity index (χ4n) is 3.01. The average molecular weight is 401 g/mol. The van der Waals surface area contributed by atoms with Gasteiger partial charge in [0, 0.05) is 25.0 Å². The number of aromatic nitrogens is 3. The number of carbonyl (C=O) groups excluding carboxylic acids is 2. The number of rotatable bonds is 7.